The van der Waals surface area contributed by atoms with Gasteiger partial charge < -0.3 is 10.4 Å². The van der Waals surface area contributed by atoms with Gasteiger partial charge in [0.15, 0.2) is 16.6 Å². The average Bonchev–Trinajstić information content (AvgIpc) is 2.71. The molecule has 2 N–H and O–H groups in total. The summed E-state index contributed by atoms with van der Waals surface area (Å²) in [6.45, 7) is 6.14. The number of ketones is 1. The Morgan fingerprint density at radius 3 is 2.50 bits per heavy atom. The van der Waals surface area contributed by atoms with E-state index in [1.165, 1.54) is 6.92 Å². The first kappa shape index (κ1) is 15.0. The number of nitrogens with zero attached hydrogens (tertiary/aromatic N) is 1. The van der Waals surface area contributed by atoms with Crippen molar-refractivity contribution in [2.24, 2.45) is 0 Å². The van der Waals surface area contributed by atoms with Crippen molar-refractivity contribution >= 4 is 40.0 Å². The summed E-state index contributed by atoms with van der Waals surface area (Å²) in [6.07, 6.45) is 2.01. The Morgan fingerprint density at radius 1 is 1.50 bits per heavy atom. The number of carbonyl (C=O) groups excluding carboxylic acids is 1. The van der Waals surface area contributed by atoms with Crippen LogP contribution in [0.15, 0.2) is 0 Å². The van der Waals surface area contributed by atoms with Crippen LogP contribution in [0.3, 0.4) is 0 Å². The predicted molar refractivity (Wildman–Crippen MR) is 75.2 cm³/mol. The van der Waals surface area contributed by atoms with Gasteiger partial charge in [-0.25, -0.2) is 9.78 Å². The molecule has 0 spiro atoms. The number of aromatic carboxylic acids is 1. The van der Waals surface area contributed by atoms with Crippen LogP contribution in [0, 0.1) is 0 Å². The third-order valence-electron chi connectivity index (χ3n) is 2.37. The molecule has 1 heterocycles. The van der Waals surface area contributed by atoms with Gasteiger partial charge in [0.1, 0.15) is 4.88 Å². The van der Waals surface area contributed by atoms with E-state index in [-0.39, 0.29) is 21.1 Å². The Hall–Kier alpha value is -1.08. The fourth-order valence-electron chi connectivity index (χ4n) is 1.14. The largest absolute Gasteiger partial charge is 0.476 e. The molecule has 0 bridgehead atoms. The van der Waals surface area contributed by atoms with E-state index in [4.69, 9.17) is 5.11 Å². The highest BCUT2D eigenvalue weighted by atomic mass is 32.2. The van der Waals surface area contributed by atoms with Crippen LogP contribution < -0.4 is 5.32 Å². The molecule has 0 aliphatic heterocycles. The van der Waals surface area contributed by atoms with Gasteiger partial charge in [-0.3, -0.25) is 4.79 Å². The van der Waals surface area contributed by atoms with Crippen LogP contribution in [0.5, 0.6) is 0 Å². The molecule has 18 heavy (non-hydrogen) atoms. The Morgan fingerprint density at radius 2 is 2.11 bits per heavy atom. The van der Waals surface area contributed by atoms with Crippen LogP contribution in [0.2, 0.25) is 0 Å². The van der Waals surface area contributed by atoms with Gasteiger partial charge in [-0.05, 0) is 20.1 Å². The number of rotatable bonds is 6. The number of carbonyl (C=O) groups is 2. The molecule has 1 aromatic heterocycles. The van der Waals surface area contributed by atoms with Crippen molar-refractivity contribution in [3.05, 3.63) is 10.6 Å². The summed E-state index contributed by atoms with van der Waals surface area (Å²) in [5.41, 5.74) is -0.169. The van der Waals surface area contributed by atoms with Gasteiger partial charge in [0.2, 0.25) is 0 Å². The van der Waals surface area contributed by atoms with Crippen LogP contribution >= 0.6 is 23.1 Å². The first-order chi connectivity index (χ1) is 8.26. The van der Waals surface area contributed by atoms with Gasteiger partial charge in [-0.1, -0.05) is 11.3 Å². The van der Waals surface area contributed by atoms with Crippen molar-refractivity contribution in [2.45, 2.75) is 25.5 Å². The Labute approximate surface area is 114 Å². The SMILES string of the molecule is CSC(C)(C)CNc1nc(C(=O)O)c(C(C)=O)s1. The summed E-state index contributed by atoms with van der Waals surface area (Å²) >= 11 is 2.79. The topological polar surface area (TPSA) is 79.3 Å². The maximum absolute atomic E-state index is 11.3. The van der Waals surface area contributed by atoms with Gasteiger partial charge in [0.05, 0.1) is 0 Å². The highest BCUT2D eigenvalue weighted by Gasteiger charge is 2.22. The molecule has 0 aliphatic rings. The summed E-state index contributed by atoms with van der Waals surface area (Å²) in [4.78, 5) is 26.4. The smallest absolute Gasteiger partial charge is 0.356 e. The Bertz CT molecular complexity index is 437. The number of carboxylic acids is 1. The number of nitrogens with one attached hydrogen (secondary N) is 1. The molecule has 1 rings (SSSR count). The third-order valence-corrected chi connectivity index (χ3v) is 4.73. The van der Waals surface area contributed by atoms with Gasteiger partial charge >= 0.3 is 5.97 Å². The average molecular weight is 288 g/mol. The number of Topliss-reactive ketones (excluding diaryl/α,β-unsaturated/α-hetero) is 1. The van der Waals surface area contributed by atoms with Crippen LogP contribution in [-0.2, 0) is 0 Å². The Kier molecular flexibility index (Phi) is 4.75. The minimum Gasteiger partial charge on any atom is -0.476 e. The lowest BCUT2D eigenvalue weighted by molar-refractivity contribution is 0.0687. The highest BCUT2D eigenvalue weighted by Crippen LogP contribution is 2.26. The van der Waals surface area contributed by atoms with E-state index in [9.17, 15) is 9.59 Å². The molecule has 0 aromatic carbocycles. The molecule has 0 unspecified atom stereocenters. The molecule has 1 aromatic rings. The fourth-order valence-corrected chi connectivity index (χ4v) is 2.20. The number of hydrogen-bond donors (Lipinski definition) is 2. The van der Waals surface area contributed by atoms with Crippen LogP contribution in [0.4, 0.5) is 5.13 Å². The zero-order valence-corrected chi connectivity index (χ0v) is 12.4. The zero-order valence-electron chi connectivity index (χ0n) is 10.7. The molecule has 7 heteroatoms. The van der Waals surface area contributed by atoms with Gasteiger partial charge in [-0.15, -0.1) is 0 Å². The van der Waals surface area contributed by atoms with E-state index in [0.717, 1.165) is 11.3 Å². The normalized spacial score (nSPS) is 11.3. The lowest BCUT2D eigenvalue weighted by Crippen LogP contribution is -2.25. The second kappa shape index (κ2) is 5.71. The summed E-state index contributed by atoms with van der Waals surface area (Å²) in [5, 5.41) is 12.5. The fraction of sp³-hybridized carbons (Fsp3) is 0.545. The molecule has 100 valence electrons. The number of carboxylic acid groups (broad SMARTS) is 1. The molecule has 0 atom stereocenters. The molecule has 0 fully saturated rings. The van der Waals surface area contributed by atoms with Crippen molar-refractivity contribution in [1.82, 2.24) is 4.98 Å². The van der Waals surface area contributed by atoms with Crippen molar-refractivity contribution in [3.8, 4) is 0 Å². The van der Waals surface area contributed by atoms with Gasteiger partial charge in [-0.2, -0.15) is 11.8 Å². The second-order valence-electron chi connectivity index (χ2n) is 4.38. The maximum Gasteiger partial charge on any atom is 0.356 e. The van der Waals surface area contributed by atoms with Crippen molar-refractivity contribution in [1.29, 1.82) is 0 Å². The number of anilines is 1. The van der Waals surface area contributed by atoms with E-state index < -0.39 is 5.97 Å². The summed E-state index contributed by atoms with van der Waals surface area (Å²) < 4.78 is 0.0193. The predicted octanol–water partition coefficient (Wildman–Crippen LogP) is 2.60. The van der Waals surface area contributed by atoms with Crippen LogP contribution in [-0.4, -0.2) is 39.4 Å². The number of aromatic nitrogens is 1. The monoisotopic (exact) mass is 288 g/mol. The molecule has 0 aliphatic carbocycles. The van der Waals surface area contributed by atoms with E-state index in [0.29, 0.717) is 11.7 Å². The lowest BCUT2D eigenvalue weighted by Gasteiger charge is -2.21. The van der Waals surface area contributed by atoms with Gasteiger partial charge in [0, 0.05) is 18.2 Å². The minimum atomic E-state index is -1.17. The first-order valence-electron chi connectivity index (χ1n) is 5.31. The number of thioether (sulfide) groups is 1. The molecule has 0 amide bonds. The molecule has 0 radical (unpaired) electrons. The summed E-state index contributed by atoms with van der Waals surface area (Å²) in [5.74, 6) is -1.45. The van der Waals surface area contributed by atoms with E-state index in [2.05, 4.69) is 24.1 Å². The molecule has 0 saturated heterocycles. The van der Waals surface area contributed by atoms with E-state index in [1.807, 2.05) is 6.26 Å². The first-order valence-corrected chi connectivity index (χ1v) is 7.35. The molecule has 5 nitrogen and oxygen atoms in total. The number of hydrogen-bond acceptors (Lipinski definition) is 6. The lowest BCUT2D eigenvalue weighted by atomic mass is 10.2. The Balaban J connectivity index is 2.89. The standard InChI is InChI=1S/C11H16N2O3S2/c1-6(14)8-7(9(15)16)13-10(18-8)12-5-11(2,3)17-4/h5H2,1-4H3,(H,12,13)(H,15,16). The highest BCUT2D eigenvalue weighted by molar-refractivity contribution is 7.99. The van der Waals surface area contributed by atoms with Crippen LogP contribution in [0.1, 0.15) is 40.9 Å². The molecular formula is C11H16N2O3S2. The zero-order chi connectivity index (χ0) is 13.9. The quantitative estimate of drug-likeness (QED) is 0.783. The van der Waals surface area contributed by atoms with Gasteiger partial charge in [0.25, 0.3) is 0 Å². The van der Waals surface area contributed by atoms with E-state index >= 15 is 0 Å². The molecular weight excluding hydrogens is 272 g/mol. The van der Waals surface area contributed by atoms with Crippen molar-refractivity contribution in [2.75, 3.05) is 18.1 Å². The summed E-state index contributed by atoms with van der Waals surface area (Å²) in [6, 6.07) is 0. The van der Waals surface area contributed by atoms with Crippen molar-refractivity contribution < 1.29 is 14.7 Å². The van der Waals surface area contributed by atoms with Crippen molar-refractivity contribution in [3.63, 3.8) is 0 Å². The maximum atomic E-state index is 11.3. The minimum absolute atomic E-state index is 0.0193. The van der Waals surface area contributed by atoms with Crippen LogP contribution in [0.25, 0.3) is 0 Å². The number of thiazole rings is 1. The van der Waals surface area contributed by atoms with E-state index in [1.54, 1.807) is 11.8 Å². The second-order valence-corrected chi connectivity index (χ2v) is 6.89. The summed E-state index contributed by atoms with van der Waals surface area (Å²) in [7, 11) is 0. The third kappa shape index (κ3) is 3.71. The molecule has 0 saturated carbocycles.